The van der Waals surface area contributed by atoms with Crippen molar-refractivity contribution in [2.24, 2.45) is 0 Å². The zero-order valence-electron chi connectivity index (χ0n) is 16.6. The number of fused-ring (bicyclic) bond motifs is 2. The van der Waals surface area contributed by atoms with Crippen LogP contribution >= 0.6 is 0 Å². The Kier molecular flexibility index (Phi) is 18.8. The van der Waals surface area contributed by atoms with E-state index in [2.05, 4.69) is 49.4 Å². The minimum absolute atomic E-state index is 0. The van der Waals surface area contributed by atoms with Crippen LogP contribution in [0.1, 0.15) is 18.1 Å². The Balaban J connectivity index is -0.000000179. The predicted octanol–water partition coefficient (Wildman–Crippen LogP) is 7.26. The Labute approximate surface area is 176 Å². The summed E-state index contributed by atoms with van der Waals surface area (Å²) in [4.78, 5) is 0. The first-order valence-corrected chi connectivity index (χ1v) is 6.61. The van der Waals surface area contributed by atoms with Gasteiger partial charge in [-0.05, 0) is 10.8 Å². The molecule has 25 heavy (non-hydrogen) atoms. The summed E-state index contributed by atoms with van der Waals surface area (Å²) in [6, 6.07) is 23.1. The molecule has 0 amide bonds. The van der Waals surface area contributed by atoms with Crippen molar-refractivity contribution in [3.05, 3.63) is 121 Å². The second kappa shape index (κ2) is 15.0. The number of hydrogen-bond donors (Lipinski definition) is 0. The topological polar surface area (TPSA) is 0 Å². The number of rotatable bonds is 0. The van der Waals surface area contributed by atoms with E-state index in [1.165, 1.54) is 27.5 Å². The van der Waals surface area contributed by atoms with E-state index in [9.17, 15) is 0 Å². The molecule has 0 aromatic heterocycles. The van der Waals surface area contributed by atoms with Gasteiger partial charge in [-0.2, -0.15) is 23.8 Å². The molecule has 1 aliphatic rings. The molecule has 138 valence electrons. The Hall–Kier alpha value is -1.34. The summed E-state index contributed by atoms with van der Waals surface area (Å²) in [5.74, 6) is 0. The molecular formula is C24H31Hf-7. The largest absolute Gasteiger partial charge is 0.358 e. The molecule has 3 aromatic carbocycles. The van der Waals surface area contributed by atoms with Gasteiger partial charge < -0.3 is 37.1 Å². The summed E-state index contributed by atoms with van der Waals surface area (Å²) in [6.07, 6.45) is 4.35. The first-order chi connectivity index (χ1) is 9.34. The molecule has 0 atom stereocenters. The Morgan fingerprint density at radius 2 is 1.32 bits per heavy atom. The third-order valence-electron chi connectivity index (χ3n) is 3.48. The minimum atomic E-state index is 0. The van der Waals surface area contributed by atoms with Gasteiger partial charge in [0.25, 0.3) is 0 Å². The van der Waals surface area contributed by atoms with Crippen molar-refractivity contribution in [3.63, 3.8) is 0 Å². The van der Waals surface area contributed by atoms with E-state index in [4.69, 9.17) is 0 Å². The van der Waals surface area contributed by atoms with E-state index < -0.39 is 0 Å². The van der Waals surface area contributed by atoms with Crippen molar-refractivity contribution in [2.75, 3.05) is 0 Å². The summed E-state index contributed by atoms with van der Waals surface area (Å²) < 4.78 is 0. The molecule has 0 radical (unpaired) electrons. The zero-order chi connectivity index (χ0) is 13.1. The second-order valence-corrected chi connectivity index (χ2v) is 4.80. The van der Waals surface area contributed by atoms with E-state index in [0.29, 0.717) is 0 Å². The van der Waals surface area contributed by atoms with Crippen molar-refractivity contribution in [3.8, 4) is 0 Å². The molecule has 0 fully saturated rings. The molecule has 0 heterocycles. The number of allylic oxidation sites excluding steroid dienone is 2. The van der Waals surface area contributed by atoms with Crippen LogP contribution in [-0.2, 0) is 32.3 Å². The van der Waals surface area contributed by atoms with Crippen molar-refractivity contribution < 1.29 is 25.8 Å². The Bertz CT molecular complexity index is 689. The van der Waals surface area contributed by atoms with Crippen LogP contribution in [0.3, 0.4) is 0 Å². The van der Waals surface area contributed by atoms with Crippen LogP contribution in [0.2, 0.25) is 0 Å². The van der Waals surface area contributed by atoms with Gasteiger partial charge in [-0.1, -0.05) is 37.3 Å². The fourth-order valence-corrected chi connectivity index (χ4v) is 2.43. The second-order valence-electron chi connectivity index (χ2n) is 4.80. The fourth-order valence-electron chi connectivity index (χ4n) is 2.43. The van der Waals surface area contributed by atoms with Gasteiger partial charge in [-0.25, -0.2) is 17.7 Å². The molecule has 0 spiro atoms. The first kappa shape index (κ1) is 31.4. The van der Waals surface area contributed by atoms with Crippen LogP contribution in [0, 0.1) is 43.2 Å². The molecule has 4 rings (SSSR count). The zero-order valence-corrected chi connectivity index (χ0v) is 20.2. The van der Waals surface area contributed by atoms with Gasteiger partial charge in [0.2, 0.25) is 0 Å². The molecule has 0 aliphatic heterocycles. The van der Waals surface area contributed by atoms with Gasteiger partial charge in [-0.3, -0.25) is 6.08 Å². The Morgan fingerprint density at radius 3 is 1.80 bits per heavy atom. The summed E-state index contributed by atoms with van der Waals surface area (Å²) in [5, 5.41) is 2.66. The SMILES string of the molecule is CC1=[C-]Cc2cc3ccccc3cc21.[CH3-].[CH3-].[CH3-].[CH3-].[CH3-].[Hf].c1cc[cH-]c1. The smallest absolute Gasteiger partial charge is 0 e. The van der Waals surface area contributed by atoms with Crippen molar-refractivity contribution in [1.82, 2.24) is 0 Å². The molecule has 0 bridgehead atoms. The van der Waals surface area contributed by atoms with Crippen LogP contribution in [-0.4, -0.2) is 0 Å². The maximum absolute atomic E-state index is 3.38. The molecule has 1 heteroatoms. The molecule has 0 N–H and O–H groups in total. The minimum Gasteiger partial charge on any atom is -0.358 e. The standard InChI is InChI=1S/C14H11.C5H5.5CH3.Hf/c1-10-6-7-13-8-11-4-2-3-5-12(11)9-14(10)13;1-2-4-5-3-1;;;;;;/h2-5,8-9H,7H2,1H3;1-5H;5*1H3;/q7*-1;. The third-order valence-corrected chi connectivity index (χ3v) is 3.48. The van der Waals surface area contributed by atoms with Crippen molar-refractivity contribution in [1.29, 1.82) is 0 Å². The molecule has 0 saturated heterocycles. The van der Waals surface area contributed by atoms with E-state index in [0.717, 1.165) is 6.42 Å². The average molecular weight is 498 g/mol. The normalized spacial score (nSPS) is 9.56. The summed E-state index contributed by atoms with van der Waals surface area (Å²) in [6.45, 7) is 2.14. The maximum Gasteiger partial charge on any atom is 0 e. The monoisotopic (exact) mass is 499 g/mol. The van der Waals surface area contributed by atoms with Crippen molar-refractivity contribution >= 4 is 16.3 Å². The molecular weight excluding hydrogens is 467 g/mol. The molecule has 3 aromatic rings. The quantitative estimate of drug-likeness (QED) is 0.226. The number of benzene rings is 2. The van der Waals surface area contributed by atoms with E-state index >= 15 is 0 Å². The van der Waals surface area contributed by atoms with Crippen LogP contribution in [0.4, 0.5) is 0 Å². The van der Waals surface area contributed by atoms with Gasteiger partial charge in [-0.15, -0.1) is 18.1 Å². The fraction of sp³-hybridized carbons (Fsp3) is 0.0833. The van der Waals surface area contributed by atoms with Crippen LogP contribution in [0.15, 0.2) is 66.7 Å². The van der Waals surface area contributed by atoms with E-state index in [-0.39, 0.29) is 63.0 Å². The van der Waals surface area contributed by atoms with E-state index in [1.807, 2.05) is 30.3 Å². The van der Waals surface area contributed by atoms with Crippen LogP contribution in [0.25, 0.3) is 16.3 Å². The predicted molar refractivity (Wildman–Crippen MR) is 114 cm³/mol. The first-order valence-electron chi connectivity index (χ1n) is 6.61. The van der Waals surface area contributed by atoms with Crippen LogP contribution < -0.4 is 0 Å². The van der Waals surface area contributed by atoms with Crippen LogP contribution in [0.5, 0.6) is 0 Å². The molecule has 0 nitrogen and oxygen atoms in total. The van der Waals surface area contributed by atoms with E-state index in [1.54, 1.807) is 0 Å². The molecule has 0 saturated carbocycles. The van der Waals surface area contributed by atoms with Gasteiger partial charge in [0.1, 0.15) is 0 Å². The average Bonchev–Trinajstić information content (AvgIpc) is 3.11. The van der Waals surface area contributed by atoms with Gasteiger partial charge in [0, 0.05) is 25.8 Å². The van der Waals surface area contributed by atoms with Gasteiger partial charge in [0.05, 0.1) is 0 Å². The van der Waals surface area contributed by atoms with Crippen molar-refractivity contribution in [2.45, 2.75) is 13.3 Å². The maximum atomic E-state index is 3.38. The number of hydrogen-bond acceptors (Lipinski definition) is 0. The molecule has 1 aliphatic carbocycles. The Morgan fingerprint density at radius 1 is 0.800 bits per heavy atom. The van der Waals surface area contributed by atoms with Gasteiger partial charge in [0.15, 0.2) is 0 Å². The van der Waals surface area contributed by atoms with Gasteiger partial charge >= 0.3 is 0 Å². The molecule has 0 unspecified atom stereocenters. The third kappa shape index (κ3) is 7.61. The summed E-state index contributed by atoms with van der Waals surface area (Å²) in [7, 11) is 0. The summed E-state index contributed by atoms with van der Waals surface area (Å²) >= 11 is 0. The summed E-state index contributed by atoms with van der Waals surface area (Å²) in [5.41, 5.74) is 4.09.